The van der Waals surface area contributed by atoms with E-state index in [4.69, 9.17) is 26.8 Å². The van der Waals surface area contributed by atoms with Crippen molar-refractivity contribution in [2.75, 3.05) is 70.0 Å². The smallest absolute Gasteiger partial charge is 0.418 e. The fourth-order valence-electron chi connectivity index (χ4n) is 8.65. The van der Waals surface area contributed by atoms with E-state index in [0.717, 1.165) is 68.9 Å². The Morgan fingerprint density at radius 3 is 2.25 bits per heavy atom. The van der Waals surface area contributed by atoms with Gasteiger partial charge in [0.25, 0.3) is 5.91 Å². The SMILES string of the molecule is CCCCOC(=O)CN1CCC(C2CCN(C(=O)[C@@H](Cc3cc(Cl)c(N)c(C(F)(F)F)c3)OC(=O)N3CCC(N4CCc5ccccc5NC4=O)CC3)CC2)CC1. The van der Waals surface area contributed by atoms with Gasteiger partial charge in [0.15, 0.2) is 6.10 Å². The highest BCUT2D eigenvalue weighted by molar-refractivity contribution is 6.33. The fourth-order valence-corrected chi connectivity index (χ4v) is 8.89. The van der Waals surface area contributed by atoms with E-state index in [2.05, 4.69) is 10.2 Å². The number of ether oxygens (including phenoxy) is 2. The molecule has 0 unspecified atom stereocenters. The molecule has 0 bridgehead atoms. The minimum atomic E-state index is -4.78. The lowest BCUT2D eigenvalue weighted by Crippen LogP contribution is -2.52. The topological polar surface area (TPSA) is 138 Å². The van der Waals surface area contributed by atoms with E-state index >= 15 is 0 Å². The maximum atomic E-state index is 14.1. The van der Waals surface area contributed by atoms with Crippen LogP contribution < -0.4 is 11.1 Å². The summed E-state index contributed by atoms with van der Waals surface area (Å²) in [5, 5.41) is 2.68. The van der Waals surface area contributed by atoms with E-state index in [1.54, 1.807) is 9.80 Å². The number of fused-ring (bicyclic) bond motifs is 1. The first kappa shape index (κ1) is 42.4. The van der Waals surface area contributed by atoms with Crippen molar-refractivity contribution in [1.29, 1.82) is 0 Å². The molecule has 4 amide bonds. The van der Waals surface area contributed by atoms with Crippen molar-refractivity contribution in [3.63, 3.8) is 0 Å². The van der Waals surface area contributed by atoms with Crippen molar-refractivity contribution >= 4 is 47.0 Å². The lowest BCUT2D eigenvalue weighted by atomic mass is 9.78. The molecule has 0 aliphatic carbocycles. The number of nitrogen functional groups attached to an aromatic ring is 1. The highest BCUT2D eigenvalue weighted by Crippen LogP contribution is 2.39. The van der Waals surface area contributed by atoms with Crippen LogP contribution in [-0.4, -0.2) is 115 Å². The molecule has 16 heteroatoms. The van der Waals surface area contributed by atoms with E-state index in [-0.39, 0.29) is 54.7 Å². The van der Waals surface area contributed by atoms with Crippen molar-refractivity contribution < 1.29 is 41.8 Å². The Kier molecular flexibility index (Phi) is 14.1. The van der Waals surface area contributed by atoms with E-state index in [0.29, 0.717) is 57.3 Å². The number of likely N-dealkylation sites (tertiary alicyclic amines) is 3. The molecule has 3 fully saturated rings. The second-order valence-corrected chi connectivity index (χ2v) is 16.1. The Labute approximate surface area is 337 Å². The highest BCUT2D eigenvalue weighted by Gasteiger charge is 2.39. The van der Waals surface area contributed by atoms with Gasteiger partial charge in [-0.1, -0.05) is 43.1 Å². The molecule has 57 heavy (non-hydrogen) atoms. The van der Waals surface area contributed by atoms with E-state index in [1.807, 2.05) is 31.2 Å². The number of anilines is 2. The molecule has 0 radical (unpaired) electrons. The Balaban J connectivity index is 1.07. The number of alkyl halides is 3. The third-order valence-corrected chi connectivity index (χ3v) is 12.3. The molecule has 2 aromatic carbocycles. The summed E-state index contributed by atoms with van der Waals surface area (Å²) in [4.78, 5) is 60.2. The number of piperidine rings is 3. The van der Waals surface area contributed by atoms with Crippen LogP contribution in [0.4, 0.5) is 34.1 Å². The van der Waals surface area contributed by atoms with Crippen molar-refractivity contribution in [2.45, 2.75) is 89.5 Å². The summed E-state index contributed by atoms with van der Waals surface area (Å²) in [6.07, 6.45) is -0.390. The van der Waals surface area contributed by atoms with Crippen molar-refractivity contribution in [3.8, 4) is 0 Å². The normalized spacial score (nSPS) is 19.7. The molecule has 2 aromatic rings. The second-order valence-electron chi connectivity index (χ2n) is 15.7. The molecule has 0 spiro atoms. The molecule has 312 valence electrons. The number of rotatable bonds is 11. The van der Waals surface area contributed by atoms with E-state index < -0.39 is 35.5 Å². The number of hydrogen-bond donors (Lipinski definition) is 2. The molecule has 1 atom stereocenters. The van der Waals surface area contributed by atoms with Gasteiger partial charge in [-0.2, -0.15) is 13.2 Å². The van der Waals surface area contributed by atoms with Gasteiger partial charge in [-0.3, -0.25) is 14.5 Å². The van der Waals surface area contributed by atoms with Crippen LogP contribution in [-0.2, 0) is 38.1 Å². The third-order valence-electron chi connectivity index (χ3n) is 12.0. The predicted molar refractivity (Wildman–Crippen MR) is 210 cm³/mol. The van der Waals surface area contributed by atoms with Gasteiger partial charge in [-0.05, 0) is 106 Å². The molecule has 4 aliphatic heterocycles. The van der Waals surface area contributed by atoms with Crippen LogP contribution in [0.15, 0.2) is 36.4 Å². The number of benzene rings is 2. The zero-order valence-electron chi connectivity index (χ0n) is 32.5. The summed E-state index contributed by atoms with van der Waals surface area (Å²) in [6, 6.07) is 9.50. The summed E-state index contributed by atoms with van der Waals surface area (Å²) in [5.41, 5.74) is 5.85. The van der Waals surface area contributed by atoms with Gasteiger partial charge in [0.1, 0.15) is 0 Å². The van der Waals surface area contributed by atoms with Crippen molar-refractivity contribution in [2.24, 2.45) is 11.8 Å². The van der Waals surface area contributed by atoms with Crippen LogP contribution in [0, 0.1) is 11.8 Å². The average molecular weight is 819 g/mol. The highest BCUT2D eigenvalue weighted by atomic mass is 35.5. The first-order valence-corrected chi connectivity index (χ1v) is 20.6. The number of halogens is 4. The minimum Gasteiger partial charge on any atom is -0.465 e. The first-order chi connectivity index (χ1) is 27.3. The van der Waals surface area contributed by atoms with E-state index in [1.165, 1.54) is 11.0 Å². The Bertz CT molecular complexity index is 1740. The molecule has 6 rings (SSSR count). The van der Waals surface area contributed by atoms with Gasteiger partial charge in [0, 0.05) is 50.9 Å². The molecule has 4 aliphatic rings. The Hall–Kier alpha value is -4.24. The zero-order chi connectivity index (χ0) is 40.7. The van der Waals surface area contributed by atoms with Gasteiger partial charge < -0.3 is 35.2 Å². The number of nitrogens with two attached hydrogens (primary N) is 1. The standard InChI is InChI=1S/C41H54ClF3N6O6/c1-2-3-22-56-36(52)26-48-15-8-28(9-16-48)29-10-17-49(18-11-29)38(53)35(25-27-23-32(41(43,44)45)37(46)33(42)24-27)57-40(55)50-19-13-31(14-20-50)51-21-12-30-6-4-5-7-34(30)47-39(51)54/h4-7,23-24,28-29,31,35H,2-3,8-22,25-26,46H2,1H3,(H,47,54)/t35-/m1/s1. The maximum Gasteiger partial charge on any atom is 0.418 e. The molecular weight excluding hydrogens is 765 g/mol. The van der Waals surface area contributed by atoms with Gasteiger partial charge in [0.05, 0.1) is 29.4 Å². The van der Waals surface area contributed by atoms with Crippen molar-refractivity contribution in [3.05, 3.63) is 58.1 Å². The second kappa shape index (κ2) is 19.0. The number of nitrogens with one attached hydrogen (secondary N) is 1. The first-order valence-electron chi connectivity index (χ1n) is 20.2. The van der Waals surface area contributed by atoms with Gasteiger partial charge >= 0.3 is 24.3 Å². The number of amides is 4. The summed E-state index contributed by atoms with van der Waals surface area (Å²) in [7, 11) is 0. The van der Waals surface area contributed by atoms with E-state index in [9.17, 15) is 32.3 Å². The number of carbonyl (C=O) groups excluding carboxylic acids is 4. The molecule has 12 nitrogen and oxygen atoms in total. The van der Waals surface area contributed by atoms with Crippen LogP contribution in [0.3, 0.4) is 0 Å². The van der Waals surface area contributed by atoms with Gasteiger partial charge in [0.2, 0.25) is 0 Å². The molecule has 0 aromatic heterocycles. The van der Waals surface area contributed by atoms with Crippen LogP contribution in [0.5, 0.6) is 0 Å². The van der Waals surface area contributed by atoms with Gasteiger partial charge in [-0.25, -0.2) is 9.59 Å². The Morgan fingerprint density at radius 2 is 1.58 bits per heavy atom. The molecule has 3 saturated heterocycles. The maximum absolute atomic E-state index is 14.1. The van der Waals surface area contributed by atoms with Crippen LogP contribution >= 0.6 is 11.6 Å². The minimum absolute atomic E-state index is 0.0652. The zero-order valence-corrected chi connectivity index (χ0v) is 33.3. The number of esters is 1. The third kappa shape index (κ3) is 10.8. The molecule has 4 heterocycles. The number of carbonyl (C=O) groups is 4. The largest absolute Gasteiger partial charge is 0.465 e. The molecule has 3 N–H and O–H groups in total. The predicted octanol–water partition coefficient (Wildman–Crippen LogP) is 6.84. The number of para-hydroxylation sites is 1. The summed E-state index contributed by atoms with van der Waals surface area (Å²) in [5.74, 6) is 0.147. The average Bonchev–Trinajstić information content (AvgIpc) is 3.36. The summed E-state index contributed by atoms with van der Waals surface area (Å²) >= 11 is 6.14. The number of urea groups is 1. The van der Waals surface area contributed by atoms with Crippen molar-refractivity contribution in [1.82, 2.24) is 19.6 Å². The summed E-state index contributed by atoms with van der Waals surface area (Å²) < 4.78 is 52.9. The quantitative estimate of drug-likeness (QED) is 0.143. The lowest BCUT2D eigenvalue weighted by molar-refractivity contribution is -0.145. The fraction of sp³-hybridized carbons (Fsp3) is 0.610. The van der Waals surface area contributed by atoms with Crippen LogP contribution in [0.1, 0.15) is 75.0 Å². The Morgan fingerprint density at radius 1 is 0.930 bits per heavy atom. The van der Waals surface area contributed by atoms with Crippen LogP contribution in [0.25, 0.3) is 0 Å². The monoisotopic (exact) mass is 818 g/mol. The summed E-state index contributed by atoms with van der Waals surface area (Å²) in [6.45, 7) is 6.30. The van der Waals surface area contributed by atoms with Gasteiger partial charge in [-0.15, -0.1) is 0 Å². The molecular formula is C41H54ClF3N6O6. The molecule has 0 saturated carbocycles. The number of unbranched alkanes of at least 4 members (excludes halogenated alkanes) is 1. The lowest BCUT2D eigenvalue weighted by Gasteiger charge is -2.41. The number of hydrogen-bond acceptors (Lipinski definition) is 8. The van der Waals surface area contributed by atoms with Crippen LogP contribution in [0.2, 0.25) is 5.02 Å². The number of nitrogens with zero attached hydrogens (tertiary/aromatic N) is 4.